The highest BCUT2D eigenvalue weighted by Gasteiger charge is 2.70. The Kier molecular flexibility index (Phi) is 14.0. The number of rotatable bonds is 13. The van der Waals surface area contributed by atoms with E-state index in [-0.39, 0.29) is 52.5 Å². The largest absolute Gasteiger partial charge is 0.481 e. The number of carbonyl (C=O) groups excluding carboxylic acids is 2. The molecule has 0 heterocycles. The molecule has 0 bridgehead atoms. The minimum absolute atomic E-state index is 0.0271. The Morgan fingerprint density at radius 1 is 0.900 bits per heavy atom. The zero-order chi connectivity index (χ0) is 37.8. The number of methoxy groups -OCH3 is 1. The highest BCUT2D eigenvalue weighted by Crippen LogP contribution is 2.76. The van der Waals surface area contributed by atoms with Crippen LogP contribution in [0.5, 0.6) is 0 Å². The fraction of sp³-hybridized carbons (Fsp3) is 0.884. The van der Waals surface area contributed by atoms with Crippen LogP contribution in [0.1, 0.15) is 159 Å². The van der Waals surface area contributed by atoms with Crippen LogP contribution >= 0.6 is 0 Å². The Labute approximate surface area is 305 Å². The lowest BCUT2D eigenvalue weighted by Gasteiger charge is -2.72. The van der Waals surface area contributed by atoms with E-state index in [4.69, 9.17) is 14.2 Å². The molecule has 0 radical (unpaired) electrons. The standard InChI is InChI=1S/C40H68O7.C3H6/c1-11-12-13-27-28-14-15-30-38(7)20-17-31(47-33(43)18-19-35(2,3)26-32(41)42)36(4,5)29(38)16-21-40(30,9)39(28,8)23-22-37(27,6)34(44)46-25-24-45-10;1-3-2/h27-31H,11-26H2,1-10H3,(H,41,42);3H,1H2,2H3/t27-,28-,29?,30?,31?,37+,38?,39-,40-;/m1./s1. The van der Waals surface area contributed by atoms with Crippen LogP contribution in [0.15, 0.2) is 12.7 Å². The average molecular weight is 703 g/mol. The quantitative estimate of drug-likeness (QED) is 0.116. The van der Waals surface area contributed by atoms with E-state index in [2.05, 4.69) is 55.0 Å². The van der Waals surface area contributed by atoms with Crippen molar-refractivity contribution in [1.82, 2.24) is 0 Å². The summed E-state index contributed by atoms with van der Waals surface area (Å²) < 4.78 is 17.3. The van der Waals surface area contributed by atoms with Gasteiger partial charge in [-0.05, 0) is 123 Å². The summed E-state index contributed by atoms with van der Waals surface area (Å²) in [6.07, 6.45) is 14.4. The van der Waals surface area contributed by atoms with Crippen molar-refractivity contribution >= 4 is 17.9 Å². The van der Waals surface area contributed by atoms with Gasteiger partial charge in [-0.1, -0.05) is 74.3 Å². The van der Waals surface area contributed by atoms with Crippen LogP contribution < -0.4 is 0 Å². The Hall–Kier alpha value is -1.89. The molecule has 4 unspecified atom stereocenters. The number of allylic oxidation sites excluding steroid dienone is 1. The first kappa shape index (κ1) is 42.5. The third kappa shape index (κ3) is 8.18. The summed E-state index contributed by atoms with van der Waals surface area (Å²) in [5.41, 5.74) is -0.531. The number of hydrogen-bond donors (Lipinski definition) is 1. The van der Waals surface area contributed by atoms with Crippen molar-refractivity contribution in [3.8, 4) is 0 Å². The molecule has 0 aromatic carbocycles. The Bertz CT molecular complexity index is 1190. The molecule has 0 spiro atoms. The van der Waals surface area contributed by atoms with Gasteiger partial charge in [-0.15, -0.1) is 6.58 Å². The van der Waals surface area contributed by atoms with Gasteiger partial charge >= 0.3 is 17.9 Å². The molecule has 4 aliphatic rings. The molecule has 0 aromatic rings. The van der Waals surface area contributed by atoms with Gasteiger partial charge in [0.05, 0.1) is 18.4 Å². The van der Waals surface area contributed by atoms with Crippen molar-refractivity contribution in [2.75, 3.05) is 20.3 Å². The second-order valence-electron chi connectivity index (χ2n) is 18.9. The normalized spacial score (nSPS) is 37.5. The van der Waals surface area contributed by atoms with Gasteiger partial charge < -0.3 is 19.3 Å². The summed E-state index contributed by atoms with van der Waals surface area (Å²) in [5, 5.41) is 9.25. The SMILES string of the molecule is C=CC.CCCC[C@@H]1[C@H]2CCC3C4(C)CCC(OC(=O)CCC(C)(C)CC(=O)O)C(C)(C)C4CC[C@@]3(C)[C@]2(C)CC[C@]1(C)C(=O)OCCOC. The molecule has 288 valence electrons. The van der Waals surface area contributed by atoms with Crippen molar-refractivity contribution in [3.05, 3.63) is 12.7 Å². The molecule has 4 saturated carbocycles. The Morgan fingerprint density at radius 2 is 1.56 bits per heavy atom. The van der Waals surface area contributed by atoms with Crippen molar-refractivity contribution in [1.29, 1.82) is 0 Å². The minimum atomic E-state index is -0.831. The van der Waals surface area contributed by atoms with Gasteiger partial charge in [-0.25, -0.2) is 0 Å². The Balaban J connectivity index is 0.00000217. The van der Waals surface area contributed by atoms with Crippen LogP contribution in [0.2, 0.25) is 0 Å². The lowest BCUT2D eigenvalue weighted by molar-refractivity contribution is -0.251. The van der Waals surface area contributed by atoms with Crippen LogP contribution in [0, 0.1) is 56.2 Å². The zero-order valence-corrected chi connectivity index (χ0v) is 33.9. The third-order valence-electron chi connectivity index (χ3n) is 15.1. The molecule has 4 aliphatic carbocycles. The highest BCUT2D eigenvalue weighted by molar-refractivity contribution is 5.77. The maximum Gasteiger partial charge on any atom is 0.312 e. The predicted octanol–water partition coefficient (Wildman–Crippen LogP) is 10.4. The van der Waals surface area contributed by atoms with Gasteiger partial charge in [0.25, 0.3) is 0 Å². The van der Waals surface area contributed by atoms with E-state index in [0.717, 1.165) is 51.4 Å². The van der Waals surface area contributed by atoms with E-state index in [1.165, 1.54) is 19.3 Å². The summed E-state index contributed by atoms with van der Waals surface area (Å²) in [4.78, 5) is 38.1. The third-order valence-corrected chi connectivity index (χ3v) is 15.1. The lowest BCUT2D eigenvalue weighted by Crippen LogP contribution is -2.67. The maximum absolute atomic E-state index is 13.7. The number of carboxylic acids is 1. The molecule has 9 atom stereocenters. The van der Waals surface area contributed by atoms with Crippen LogP contribution in [-0.4, -0.2) is 49.4 Å². The number of aliphatic carboxylic acids is 1. The second-order valence-corrected chi connectivity index (χ2v) is 18.9. The van der Waals surface area contributed by atoms with E-state index in [1.54, 1.807) is 13.2 Å². The van der Waals surface area contributed by atoms with Gasteiger partial charge in [0.2, 0.25) is 0 Å². The van der Waals surface area contributed by atoms with Crippen LogP contribution in [-0.2, 0) is 28.6 Å². The van der Waals surface area contributed by atoms with E-state index < -0.39 is 16.8 Å². The van der Waals surface area contributed by atoms with Crippen molar-refractivity contribution in [2.45, 2.75) is 165 Å². The maximum atomic E-state index is 13.7. The summed E-state index contributed by atoms with van der Waals surface area (Å²) in [6, 6.07) is 0. The monoisotopic (exact) mass is 703 g/mol. The first-order valence-electron chi connectivity index (χ1n) is 19.9. The van der Waals surface area contributed by atoms with Crippen LogP contribution in [0.4, 0.5) is 0 Å². The molecule has 1 N–H and O–H groups in total. The van der Waals surface area contributed by atoms with E-state index in [1.807, 2.05) is 20.8 Å². The van der Waals surface area contributed by atoms with Crippen molar-refractivity contribution in [3.63, 3.8) is 0 Å². The van der Waals surface area contributed by atoms with E-state index in [9.17, 15) is 19.5 Å². The molecule has 7 nitrogen and oxygen atoms in total. The molecule has 0 saturated heterocycles. The number of ether oxygens (including phenoxy) is 3. The van der Waals surface area contributed by atoms with Crippen LogP contribution in [0.3, 0.4) is 0 Å². The topological polar surface area (TPSA) is 99.1 Å². The van der Waals surface area contributed by atoms with Gasteiger partial charge in [-0.2, -0.15) is 0 Å². The molecular weight excluding hydrogens is 628 g/mol. The van der Waals surface area contributed by atoms with Gasteiger partial charge in [0.15, 0.2) is 0 Å². The molecule has 0 aromatic heterocycles. The van der Waals surface area contributed by atoms with Crippen molar-refractivity contribution < 1.29 is 33.7 Å². The number of esters is 2. The van der Waals surface area contributed by atoms with Crippen LogP contribution in [0.25, 0.3) is 0 Å². The fourth-order valence-electron chi connectivity index (χ4n) is 12.2. The number of unbranched alkanes of at least 4 members (excludes halogenated alkanes) is 1. The van der Waals surface area contributed by atoms with Gasteiger partial charge in [0.1, 0.15) is 12.7 Å². The van der Waals surface area contributed by atoms with E-state index in [0.29, 0.717) is 43.3 Å². The van der Waals surface area contributed by atoms with Gasteiger partial charge in [-0.3, -0.25) is 14.4 Å². The summed E-state index contributed by atoms with van der Waals surface area (Å²) in [5.74, 6) is 0.828. The fourth-order valence-corrected chi connectivity index (χ4v) is 12.2. The molecule has 4 rings (SSSR count). The first-order valence-corrected chi connectivity index (χ1v) is 19.9. The molecular formula is C43H74O7. The number of fused-ring (bicyclic) bond motifs is 5. The minimum Gasteiger partial charge on any atom is -0.481 e. The number of carbonyl (C=O) groups is 3. The number of carboxylic acid groups (broad SMARTS) is 1. The summed E-state index contributed by atoms with van der Waals surface area (Å²) >= 11 is 0. The average Bonchev–Trinajstić information content (AvgIpc) is 3.01. The molecule has 0 aliphatic heterocycles. The van der Waals surface area contributed by atoms with E-state index >= 15 is 0 Å². The molecule has 7 heteroatoms. The van der Waals surface area contributed by atoms with Crippen molar-refractivity contribution in [2.24, 2.45) is 56.2 Å². The molecule has 50 heavy (non-hydrogen) atoms. The Morgan fingerprint density at radius 3 is 2.16 bits per heavy atom. The molecule has 0 amide bonds. The van der Waals surface area contributed by atoms with Gasteiger partial charge in [0, 0.05) is 18.9 Å². The summed E-state index contributed by atoms with van der Waals surface area (Å²) in [7, 11) is 1.65. The second kappa shape index (κ2) is 16.4. The lowest BCUT2D eigenvalue weighted by atomic mass is 9.32. The highest BCUT2D eigenvalue weighted by atomic mass is 16.6. The number of hydrogen-bond acceptors (Lipinski definition) is 6. The first-order chi connectivity index (χ1) is 23.2. The summed E-state index contributed by atoms with van der Waals surface area (Å²) in [6.45, 7) is 26.7. The predicted molar refractivity (Wildman–Crippen MR) is 200 cm³/mol. The smallest absolute Gasteiger partial charge is 0.312 e. The zero-order valence-electron chi connectivity index (χ0n) is 33.9. The molecule has 4 fully saturated rings.